The van der Waals surface area contributed by atoms with Gasteiger partial charge >= 0.3 is 6.09 Å². The van der Waals surface area contributed by atoms with Gasteiger partial charge in [0, 0.05) is 48.3 Å². The fourth-order valence-electron chi connectivity index (χ4n) is 6.17. The van der Waals surface area contributed by atoms with E-state index in [-0.39, 0.29) is 24.1 Å². The summed E-state index contributed by atoms with van der Waals surface area (Å²) in [6.45, 7) is 2.27. The Kier molecular flexibility index (Phi) is 4.77. The average Bonchev–Trinajstić information content (AvgIpc) is 3.30. The molecule has 3 aliphatic rings. The monoisotopic (exact) mass is 440 g/mol. The predicted molar refractivity (Wildman–Crippen MR) is 126 cm³/mol. The lowest BCUT2D eigenvalue weighted by atomic mass is 9.81. The predicted octanol–water partition coefficient (Wildman–Crippen LogP) is 5.15. The van der Waals surface area contributed by atoms with Gasteiger partial charge in [0.25, 0.3) is 0 Å². The number of pyridine rings is 1. The first-order valence-electron chi connectivity index (χ1n) is 11.8. The van der Waals surface area contributed by atoms with Gasteiger partial charge in [-0.3, -0.25) is 4.98 Å². The molecule has 1 amide bonds. The Morgan fingerprint density at radius 1 is 1.00 bits per heavy atom. The zero-order chi connectivity index (χ0) is 22.6. The van der Waals surface area contributed by atoms with Gasteiger partial charge in [0.2, 0.25) is 0 Å². The van der Waals surface area contributed by atoms with E-state index in [9.17, 15) is 9.90 Å². The van der Waals surface area contributed by atoms with Crippen molar-refractivity contribution in [1.82, 2.24) is 9.88 Å². The number of piperidine rings is 1. The highest BCUT2D eigenvalue weighted by atomic mass is 16.6. The van der Waals surface area contributed by atoms with Crippen molar-refractivity contribution in [2.45, 2.75) is 56.2 Å². The molecule has 0 radical (unpaired) electrons. The molecule has 0 saturated carbocycles. The number of hydrogen-bond donors (Lipinski definition) is 1. The van der Waals surface area contributed by atoms with Crippen LogP contribution in [0.5, 0.6) is 0 Å². The molecule has 3 heterocycles. The van der Waals surface area contributed by atoms with Crippen molar-refractivity contribution in [2.75, 3.05) is 6.61 Å². The summed E-state index contributed by atoms with van der Waals surface area (Å²) >= 11 is 0. The second kappa shape index (κ2) is 7.70. The molecular formula is C28H28N2O3. The Morgan fingerprint density at radius 3 is 2.18 bits per heavy atom. The second-order valence-corrected chi connectivity index (χ2v) is 9.72. The summed E-state index contributed by atoms with van der Waals surface area (Å²) in [5.41, 5.74) is 5.72. The third-order valence-corrected chi connectivity index (χ3v) is 7.76. The van der Waals surface area contributed by atoms with E-state index < -0.39 is 5.60 Å². The number of rotatable bonds is 3. The Hall–Kier alpha value is -3.18. The van der Waals surface area contributed by atoms with E-state index in [0.717, 1.165) is 24.1 Å². The number of aryl methyl sites for hydroxylation is 1. The summed E-state index contributed by atoms with van der Waals surface area (Å²) in [4.78, 5) is 19.5. The smallest absolute Gasteiger partial charge is 0.410 e. The highest BCUT2D eigenvalue weighted by Crippen LogP contribution is 2.47. The highest BCUT2D eigenvalue weighted by Gasteiger charge is 2.51. The lowest BCUT2D eigenvalue weighted by Crippen LogP contribution is -2.52. The van der Waals surface area contributed by atoms with E-state index in [0.29, 0.717) is 19.4 Å². The molecule has 5 nitrogen and oxygen atoms in total. The number of nitrogens with zero attached hydrogens (tertiary/aromatic N) is 2. The summed E-state index contributed by atoms with van der Waals surface area (Å²) in [6, 6.07) is 20.6. The van der Waals surface area contributed by atoms with Crippen LogP contribution < -0.4 is 0 Å². The molecule has 1 aliphatic carbocycles. The van der Waals surface area contributed by atoms with E-state index in [1.54, 1.807) is 6.20 Å². The van der Waals surface area contributed by atoms with Crippen LogP contribution in [0.2, 0.25) is 0 Å². The molecule has 1 N–H and O–H groups in total. The van der Waals surface area contributed by atoms with Crippen molar-refractivity contribution in [3.05, 3.63) is 89.2 Å². The van der Waals surface area contributed by atoms with E-state index >= 15 is 0 Å². The van der Waals surface area contributed by atoms with Crippen molar-refractivity contribution in [2.24, 2.45) is 0 Å². The molecule has 0 spiro atoms. The Morgan fingerprint density at radius 2 is 1.61 bits per heavy atom. The number of hydrogen-bond acceptors (Lipinski definition) is 4. The summed E-state index contributed by atoms with van der Waals surface area (Å²) in [7, 11) is 0. The van der Waals surface area contributed by atoms with Crippen molar-refractivity contribution in [3.8, 4) is 11.1 Å². The minimum absolute atomic E-state index is 0.00861. The third-order valence-electron chi connectivity index (χ3n) is 7.76. The maximum absolute atomic E-state index is 13.2. The van der Waals surface area contributed by atoms with Crippen LogP contribution in [-0.4, -0.2) is 39.8 Å². The van der Waals surface area contributed by atoms with Gasteiger partial charge in [-0.15, -0.1) is 0 Å². The van der Waals surface area contributed by atoms with E-state index in [1.165, 1.54) is 22.3 Å². The van der Waals surface area contributed by atoms with E-state index in [2.05, 4.69) is 41.4 Å². The van der Waals surface area contributed by atoms with Gasteiger partial charge in [-0.2, -0.15) is 0 Å². The van der Waals surface area contributed by atoms with Crippen LogP contribution in [0.25, 0.3) is 11.1 Å². The summed E-state index contributed by atoms with van der Waals surface area (Å²) in [5, 5.41) is 11.4. The number of aromatic nitrogens is 1. The summed E-state index contributed by atoms with van der Waals surface area (Å²) < 4.78 is 5.94. The molecule has 2 fully saturated rings. The molecule has 33 heavy (non-hydrogen) atoms. The Labute approximate surface area is 194 Å². The van der Waals surface area contributed by atoms with Crippen LogP contribution in [0, 0.1) is 6.92 Å². The van der Waals surface area contributed by atoms with Crippen LogP contribution in [0.15, 0.2) is 66.9 Å². The zero-order valence-corrected chi connectivity index (χ0v) is 18.8. The maximum Gasteiger partial charge on any atom is 0.410 e. The lowest BCUT2D eigenvalue weighted by Gasteiger charge is -2.43. The number of aliphatic hydroxyl groups is 1. The zero-order valence-electron chi connectivity index (χ0n) is 18.8. The summed E-state index contributed by atoms with van der Waals surface area (Å²) in [5.74, 6) is 0.0550. The average molecular weight is 441 g/mol. The normalized spacial score (nSPS) is 25.6. The second-order valence-electron chi connectivity index (χ2n) is 9.72. The molecule has 2 saturated heterocycles. The third kappa shape index (κ3) is 3.34. The van der Waals surface area contributed by atoms with Crippen molar-refractivity contribution < 1.29 is 14.6 Å². The standard InChI is InChI=1S/C28H28N2O3/c1-18-10-11-19(16-29-18)28(32)14-20-12-13-21(15-28)30(20)27(31)33-17-26-24-8-4-2-6-22(24)23-7-3-5-9-25(23)26/h2-11,16,20-21,26,32H,12-15,17H2,1H3. The van der Waals surface area contributed by atoms with Crippen molar-refractivity contribution in [3.63, 3.8) is 0 Å². The molecule has 2 unspecified atom stereocenters. The van der Waals surface area contributed by atoms with Crippen LogP contribution in [0.1, 0.15) is 54.0 Å². The van der Waals surface area contributed by atoms with Crippen molar-refractivity contribution in [1.29, 1.82) is 0 Å². The largest absolute Gasteiger partial charge is 0.448 e. The van der Waals surface area contributed by atoms with E-state index in [1.807, 2.05) is 36.1 Å². The van der Waals surface area contributed by atoms with E-state index in [4.69, 9.17) is 4.74 Å². The summed E-state index contributed by atoms with van der Waals surface area (Å²) in [6.07, 6.45) is 4.37. The van der Waals surface area contributed by atoms with Crippen LogP contribution >= 0.6 is 0 Å². The molecule has 5 heteroatoms. The number of benzene rings is 2. The minimum atomic E-state index is -0.938. The fourth-order valence-corrected chi connectivity index (χ4v) is 6.17. The minimum Gasteiger partial charge on any atom is -0.448 e. The highest BCUT2D eigenvalue weighted by molar-refractivity contribution is 5.79. The number of ether oxygens (including phenoxy) is 1. The van der Waals surface area contributed by atoms with Gasteiger partial charge in [0.15, 0.2) is 0 Å². The first-order valence-corrected chi connectivity index (χ1v) is 11.8. The number of fused-ring (bicyclic) bond motifs is 5. The number of amides is 1. The lowest BCUT2D eigenvalue weighted by molar-refractivity contribution is -0.0533. The first-order chi connectivity index (χ1) is 16.0. The van der Waals surface area contributed by atoms with Gasteiger partial charge in [0.1, 0.15) is 6.61 Å². The van der Waals surface area contributed by atoms with Gasteiger partial charge in [0.05, 0.1) is 5.60 Å². The van der Waals surface area contributed by atoms with Crippen LogP contribution in [-0.2, 0) is 10.3 Å². The maximum atomic E-state index is 13.2. The van der Waals surface area contributed by atoms with Crippen LogP contribution in [0.3, 0.4) is 0 Å². The quantitative estimate of drug-likeness (QED) is 0.612. The number of carbonyl (C=O) groups is 1. The molecule has 2 aromatic carbocycles. The van der Waals surface area contributed by atoms with Crippen LogP contribution in [0.4, 0.5) is 4.79 Å². The Bertz CT molecular complexity index is 1150. The molecule has 168 valence electrons. The molecule has 6 rings (SSSR count). The fraction of sp³-hybridized carbons (Fsp3) is 0.357. The topological polar surface area (TPSA) is 62.7 Å². The molecule has 3 aromatic rings. The van der Waals surface area contributed by atoms with Crippen molar-refractivity contribution >= 4 is 6.09 Å². The molecule has 2 atom stereocenters. The molecule has 2 aliphatic heterocycles. The molecule has 2 bridgehead atoms. The molecular weight excluding hydrogens is 412 g/mol. The molecule has 1 aromatic heterocycles. The van der Waals surface area contributed by atoms with Gasteiger partial charge < -0.3 is 14.7 Å². The SMILES string of the molecule is Cc1ccc(C2(O)CC3CCC(C2)N3C(=O)OCC2c3ccccc3-c3ccccc32)cn1. The first kappa shape index (κ1) is 20.4. The number of carbonyl (C=O) groups excluding carboxylic acids is 1. The Balaban J connectivity index is 1.18. The van der Waals surface area contributed by atoms with Gasteiger partial charge in [-0.1, -0.05) is 54.6 Å². The van der Waals surface area contributed by atoms with Gasteiger partial charge in [-0.05, 0) is 48.1 Å². The van der Waals surface area contributed by atoms with Gasteiger partial charge in [-0.25, -0.2) is 4.79 Å².